The molecule has 5 rings (SSSR count). The van der Waals surface area contributed by atoms with Crippen molar-refractivity contribution in [1.82, 2.24) is 19.6 Å². The minimum atomic E-state index is -0.540. The summed E-state index contributed by atoms with van der Waals surface area (Å²) in [5, 5.41) is 5.35. The number of anilines is 1. The molecular formula is C32H40ClN5O3. The third kappa shape index (κ3) is 6.53. The van der Waals surface area contributed by atoms with Gasteiger partial charge in [0.25, 0.3) is 5.91 Å². The van der Waals surface area contributed by atoms with Crippen molar-refractivity contribution in [3.05, 3.63) is 76.6 Å². The second-order valence-electron chi connectivity index (χ2n) is 12.2. The monoisotopic (exact) mass is 577 g/mol. The van der Waals surface area contributed by atoms with Crippen molar-refractivity contribution < 1.29 is 14.3 Å². The Morgan fingerprint density at radius 3 is 2.29 bits per heavy atom. The summed E-state index contributed by atoms with van der Waals surface area (Å²) in [6, 6.07) is 16.2. The molecule has 8 nitrogen and oxygen atoms in total. The van der Waals surface area contributed by atoms with Crippen LogP contribution >= 0.6 is 11.6 Å². The molecule has 9 heteroatoms. The van der Waals surface area contributed by atoms with Crippen LogP contribution in [0.1, 0.15) is 68.1 Å². The van der Waals surface area contributed by atoms with Crippen LogP contribution in [0.4, 0.5) is 10.5 Å². The summed E-state index contributed by atoms with van der Waals surface area (Å²) < 4.78 is 7.48. The van der Waals surface area contributed by atoms with Gasteiger partial charge in [-0.25, -0.2) is 9.48 Å². The van der Waals surface area contributed by atoms with E-state index in [1.54, 1.807) is 11.1 Å². The van der Waals surface area contributed by atoms with Gasteiger partial charge < -0.3 is 19.4 Å². The zero-order valence-electron chi connectivity index (χ0n) is 24.6. The zero-order chi connectivity index (χ0) is 29.3. The number of benzene rings is 2. The van der Waals surface area contributed by atoms with Crippen molar-refractivity contribution in [3.63, 3.8) is 0 Å². The Morgan fingerprint density at radius 2 is 1.66 bits per heavy atom. The molecule has 41 heavy (non-hydrogen) atoms. The fourth-order valence-electron chi connectivity index (χ4n) is 5.87. The Hall–Kier alpha value is -3.52. The standard InChI is InChI=1S/C32H40ClN5O3/c1-22-7-6-8-27(19-22)37-18-17-36(21-23(37)2)30(39)28-20-34-38(26-11-9-25(33)10-12-26)29(28)24-13-15-35(16-14-24)31(40)41-32(3,4)5/h6-12,19-20,23-24H,13-18,21H2,1-5H3/t23-/m1/s1. The van der Waals surface area contributed by atoms with Crippen LogP contribution in [-0.4, -0.2) is 75.9 Å². The first-order valence-electron chi connectivity index (χ1n) is 14.4. The normalized spacial score (nSPS) is 18.5. The molecule has 1 aromatic heterocycles. The fourth-order valence-corrected chi connectivity index (χ4v) is 5.99. The van der Waals surface area contributed by atoms with Crippen molar-refractivity contribution in [1.29, 1.82) is 0 Å². The molecule has 3 heterocycles. The van der Waals surface area contributed by atoms with Gasteiger partial charge in [0.15, 0.2) is 0 Å². The minimum Gasteiger partial charge on any atom is -0.444 e. The van der Waals surface area contributed by atoms with Crippen LogP contribution in [0, 0.1) is 6.92 Å². The molecular weight excluding hydrogens is 538 g/mol. The number of nitrogens with zero attached hydrogens (tertiary/aromatic N) is 5. The van der Waals surface area contributed by atoms with Gasteiger partial charge >= 0.3 is 6.09 Å². The average Bonchev–Trinajstić information content (AvgIpc) is 3.37. The van der Waals surface area contributed by atoms with Gasteiger partial charge in [-0.3, -0.25) is 4.79 Å². The van der Waals surface area contributed by atoms with Crippen LogP contribution in [0.25, 0.3) is 5.69 Å². The van der Waals surface area contributed by atoms with Crippen LogP contribution in [0.5, 0.6) is 0 Å². The number of ether oxygens (including phenoxy) is 1. The molecule has 2 saturated heterocycles. The van der Waals surface area contributed by atoms with E-state index < -0.39 is 5.60 Å². The molecule has 0 N–H and O–H groups in total. The maximum absolute atomic E-state index is 14.1. The predicted molar refractivity (Wildman–Crippen MR) is 162 cm³/mol. The number of carbonyl (C=O) groups excluding carboxylic acids is 2. The number of piperazine rings is 1. The van der Waals surface area contributed by atoms with E-state index in [-0.39, 0.29) is 24.0 Å². The highest BCUT2D eigenvalue weighted by Gasteiger charge is 2.35. The van der Waals surface area contributed by atoms with Crippen LogP contribution in [0.2, 0.25) is 5.02 Å². The lowest BCUT2D eigenvalue weighted by molar-refractivity contribution is 0.0203. The van der Waals surface area contributed by atoms with Gasteiger partial charge in [-0.1, -0.05) is 23.7 Å². The number of hydrogen-bond acceptors (Lipinski definition) is 5. The molecule has 0 radical (unpaired) electrons. The molecule has 2 aromatic carbocycles. The molecule has 2 aliphatic rings. The second kappa shape index (κ2) is 11.8. The van der Waals surface area contributed by atoms with Crippen molar-refractivity contribution in [3.8, 4) is 5.69 Å². The third-order valence-corrected chi connectivity index (χ3v) is 8.14. The highest BCUT2D eigenvalue weighted by Crippen LogP contribution is 2.34. The SMILES string of the molecule is Cc1cccc(N2CCN(C(=O)c3cnn(-c4ccc(Cl)cc4)c3C3CCN(C(=O)OC(C)(C)C)CC3)C[C@H]2C)c1. The summed E-state index contributed by atoms with van der Waals surface area (Å²) in [5.41, 5.74) is 4.27. The lowest BCUT2D eigenvalue weighted by Gasteiger charge is -2.41. The number of aromatic nitrogens is 2. The molecule has 0 saturated carbocycles. The first-order valence-corrected chi connectivity index (χ1v) is 14.8. The minimum absolute atomic E-state index is 0.00512. The van der Waals surface area contributed by atoms with Crippen LogP contribution in [-0.2, 0) is 4.74 Å². The van der Waals surface area contributed by atoms with Gasteiger partial charge in [0, 0.05) is 55.4 Å². The quantitative estimate of drug-likeness (QED) is 0.364. The summed E-state index contributed by atoms with van der Waals surface area (Å²) in [6.07, 6.45) is 2.86. The Kier molecular flexibility index (Phi) is 8.32. The molecule has 0 aliphatic carbocycles. The second-order valence-corrected chi connectivity index (χ2v) is 12.6. The number of piperidine rings is 1. The van der Waals surface area contributed by atoms with E-state index in [4.69, 9.17) is 21.4 Å². The fraction of sp³-hybridized carbons (Fsp3) is 0.469. The Labute approximate surface area is 247 Å². The van der Waals surface area contributed by atoms with E-state index in [9.17, 15) is 9.59 Å². The Balaban J connectivity index is 1.38. The first kappa shape index (κ1) is 29.0. The molecule has 0 bridgehead atoms. The molecule has 218 valence electrons. The zero-order valence-corrected chi connectivity index (χ0v) is 25.4. The van der Waals surface area contributed by atoms with E-state index in [0.717, 1.165) is 30.8 Å². The third-order valence-electron chi connectivity index (χ3n) is 7.89. The van der Waals surface area contributed by atoms with Crippen molar-refractivity contribution in [2.24, 2.45) is 0 Å². The van der Waals surface area contributed by atoms with Gasteiger partial charge in [0.2, 0.25) is 0 Å². The van der Waals surface area contributed by atoms with Gasteiger partial charge in [0.05, 0.1) is 23.1 Å². The topological polar surface area (TPSA) is 70.9 Å². The number of amides is 2. The number of hydrogen-bond donors (Lipinski definition) is 0. The van der Waals surface area contributed by atoms with Gasteiger partial charge in [-0.15, -0.1) is 0 Å². The molecule has 2 aliphatic heterocycles. The van der Waals surface area contributed by atoms with Crippen molar-refractivity contribution in [2.45, 2.75) is 65.0 Å². The molecule has 1 atom stereocenters. The summed E-state index contributed by atoms with van der Waals surface area (Å²) in [6.45, 7) is 13.1. The maximum Gasteiger partial charge on any atom is 0.410 e. The van der Waals surface area contributed by atoms with Crippen LogP contribution in [0.15, 0.2) is 54.7 Å². The highest BCUT2D eigenvalue weighted by molar-refractivity contribution is 6.30. The number of carbonyl (C=O) groups is 2. The van der Waals surface area contributed by atoms with Gasteiger partial charge in [0.1, 0.15) is 5.60 Å². The number of likely N-dealkylation sites (tertiary alicyclic amines) is 1. The predicted octanol–water partition coefficient (Wildman–Crippen LogP) is 6.30. The average molecular weight is 578 g/mol. The van der Waals surface area contributed by atoms with E-state index >= 15 is 0 Å². The largest absolute Gasteiger partial charge is 0.444 e. The molecule has 3 aromatic rings. The van der Waals surface area contributed by atoms with E-state index in [2.05, 4.69) is 43.0 Å². The Bertz CT molecular complexity index is 1390. The van der Waals surface area contributed by atoms with Crippen LogP contribution in [0.3, 0.4) is 0 Å². The molecule has 2 amide bonds. The highest BCUT2D eigenvalue weighted by atomic mass is 35.5. The smallest absolute Gasteiger partial charge is 0.410 e. The summed E-state index contributed by atoms with van der Waals surface area (Å²) in [7, 11) is 0. The lowest BCUT2D eigenvalue weighted by atomic mass is 9.90. The van der Waals surface area contributed by atoms with Crippen molar-refractivity contribution >= 4 is 29.3 Å². The van der Waals surface area contributed by atoms with E-state index in [1.165, 1.54) is 11.3 Å². The number of halogens is 1. The summed E-state index contributed by atoms with van der Waals surface area (Å²) in [4.78, 5) is 32.9. The van der Waals surface area contributed by atoms with Crippen LogP contribution < -0.4 is 4.90 Å². The maximum atomic E-state index is 14.1. The molecule has 0 spiro atoms. The molecule has 0 unspecified atom stereocenters. The number of aryl methyl sites for hydroxylation is 1. The van der Waals surface area contributed by atoms with Gasteiger partial charge in [-0.2, -0.15) is 5.10 Å². The Morgan fingerprint density at radius 1 is 0.951 bits per heavy atom. The van der Waals surface area contributed by atoms with E-state index in [1.807, 2.05) is 54.6 Å². The summed E-state index contributed by atoms with van der Waals surface area (Å²) >= 11 is 6.17. The van der Waals surface area contributed by atoms with Gasteiger partial charge in [-0.05, 0) is 89.4 Å². The lowest BCUT2D eigenvalue weighted by Crippen LogP contribution is -2.54. The number of rotatable bonds is 4. The van der Waals surface area contributed by atoms with E-state index in [0.29, 0.717) is 36.8 Å². The molecule has 2 fully saturated rings. The first-order chi connectivity index (χ1) is 19.5. The summed E-state index contributed by atoms with van der Waals surface area (Å²) in [5.74, 6) is 0.0716. The van der Waals surface area contributed by atoms with Crippen molar-refractivity contribution in [2.75, 3.05) is 37.6 Å².